The molecule has 3 nitrogen and oxygen atoms in total. The van der Waals surface area contributed by atoms with Crippen molar-refractivity contribution in [1.29, 1.82) is 0 Å². The molecule has 3 heteroatoms. The Kier molecular flexibility index (Phi) is 3.98. The zero-order valence-corrected chi connectivity index (χ0v) is 14.4. The summed E-state index contributed by atoms with van der Waals surface area (Å²) < 4.78 is 5.91. The first kappa shape index (κ1) is 15.9. The average Bonchev–Trinajstić information content (AvgIpc) is 3.41. The zero-order valence-electron chi connectivity index (χ0n) is 14.4. The lowest BCUT2D eigenvalue weighted by Gasteiger charge is -2.38. The van der Waals surface area contributed by atoms with Crippen LogP contribution in [-0.2, 0) is 14.3 Å². The molecule has 4 unspecified atom stereocenters. The predicted molar refractivity (Wildman–Crippen MR) is 91.5 cm³/mol. The van der Waals surface area contributed by atoms with Crippen LogP contribution in [-0.4, -0.2) is 17.4 Å². The number of rotatable bonds is 4. The quantitative estimate of drug-likeness (QED) is 0.613. The van der Waals surface area contributed by atoms with E-state index in [0.29, 0.717) is 5.92 Å². The van der Waals surface area contributed by atoms with E-state index in [0.717, 1.165) is 50.5 Å². The molecule has 0 amide bonds. The molecule has 1 aromatic carbocycles. The van der Waals surface area contributed by atoms with Crippen molar-refractivity contribution in [2.24, 2.45) is 17.8 Å². The first-order valence-corrected chi connectivity index (χ1v) is 9.49. The molecule has 4 rings (SSSR count). The predicted octanol–water partition coefficient (Wildman–Crippen LogP) is 4.26. The molecular weight excluding hydrogens is 300 g/mol. The summed E-state index contributed by atoms with van der Waals surface area (Å²) in [6.45, 7) is 2.11. The fraction of sp³-hybridized carbons (Fsp3) is 0.619. The third kappa shape index (κ3) is 2.40. The maximum atomic E-state index is 13.5. The lowest BCUT2D eigenvalue weighted by Crippen LogP contribution is -2.47. The van der Waals surface area contributed by atoms with Crippen molar-refractivity contribution in [3.8, 4) is 0 Å². The van der Waals surface area contributed by atoms with Gasteiger partial charge >= 0.3 is 5.97 Å². The van der Waals surface area contributed by atoms with Crippen molar-refractivity contribution >= 4 is 11.8 Å². The van der Waals surface area contributed by atoms with Gasteiger partial charge in [-0.2, -0.15) is 0 Å². The van der Waals surface area contributed by atoms with Crippen molar-refractivity contribution < 1.29 is 14.3 Å². The molecule has 1 saturated heterocycles. The van der Waals surface area contributed by atoms with Gasteiger partial charge in [0.15, 0.2) is 11.4 Å². The first-order chi connectivity index (χ1) is 11.7. The van der Waals surface area contributed by atoms with Crippen LogP contribution in [0.5, 0.6) is 0 Å². The van der Waals surface area contributed by atoms with Gasteiger partial charge in [-0.3, -0.25) is 9.59 Å². The first-order valence-electron chi connectivity index (χ1n) is 9.49. The van der Waals surface area contributed by atoms with Gasteiger partial charge in [-0.05, 0) is 50.0 Å². The van der Waals surface area contributed by atoms with E-state index in [2.05, 4.69) is 19.1 Å². The molecule has 2 aliphatic carbocycles. The number of carbonyl (C=O) groups excluding carboxylic acids is 2. The van der Waals surface area contributed by atoms with E-state index in [1.807, 2.05) is 18.2 Å². The van der Waals surface area contributed by atoms with Gasteiger partial charge < -0.3 is 4.74 Å². The van der Waals surface area contributed by atoms with Crippen molar-refractivity contribution in [3.05, 3.63) is 35.9 Å². The summed E-state index contributed by atoms with van der Waals surface area (Å²) in [5.41, 5.74) is 0.299. The minimum Gasteiger partial charge on any atom is -0.450 e. The van der Waals surface area contributed by atoms with Crippen LogP contribution in [0.3, 0.4) is 0 Å². The molecule has 1 aliphatic heterocycles. The third-order valence-electron chi connectivity index (χ3n) is 6.41. The Morgan fingerprint density at radius 2 is 1.88 bits per heavy atom. The molecule has 2 saturated carbocycles. The summed E-state index contributed by atoms with van der Waals surface area (Å²) in [5.74, 6) is -0.117. The minimum absolute atomic E-state index is 0.00464. The van der Waals surface area contributed by atoms with Crippen molar-refractivity contribution in [3.63, 3.8) is 0 Å². The fourth-order valence-corrected chi connectivity index (χ4v) is 5.05. The molecule has 0 aromatic heterocycles. The Morgan fingerprint density at radius 3 is 2.54 bits per heavy atom. The van der Waals surface area contributed by atoms with Gasteiger partial charge in [-0.1, -0.05) is 43.7 Å². The topological polar surface area (TPSA) is 43.4 Å². The maximum absolute atomic E-state index is 13.5. The molecule has 24 heavy (non-hydrogen) atoms. The maximum Gasteiger partial charge on any atom is 0.318 e. The molecule has 0 radical (unpaired) electrons. The van der Waals surface area contributed by atoms with Crippen molar-refractivity contribution in [2.75, 3.05) is 0 Å². The van der Waals surface area contributed by atoms with Crippen LogP contribution in [0.1, 0.15) is 63.4 Å². The highest BCUT2D eigenvalue weighted by Gasteiger charge is 2.62. The molecule has 3 aliphatic rings. The summed E-state index contributed by atoms with van der Waals surface area (Å²) in [5, 5.41) is 0. The summed E-state index contributed by atoms with van der Waals surface area (Å²) in [6, 6.07) is 10.1. The zero-order chi connectivity index (χ0) is 16.7. The second-order valence-electron chi connectivity index (χ2n) is 7.78. The molecule has 1 aromatic rings. The molecule has 128 valence electrons. The summed E-state index contributed by atoms with van der Waals surface area (Å²) in [4.78, 5) is 26.3. The number of hydrogen-bond donors (Lipinski definition) is 0. The van der Waals surface area contributed by atoms with Crippen LogP contribution >= 0.6 is 0 Å². The number of esters is 1. The average molecular weight is 326 g/mol. The van der Waals surface area contributed by atoms with Crippen LogP contribution in [0.25, 0.3) is 0 Å². The van der Waals surface area contributed by atoms with Crippen LogP contribution in [0.4, 0.5) is 0 Å². The van der Waals surface area contributed by atoms with Crippen LogP contribution in [0.2, 0.25) is 0 Å². The minimum atomic E-state index is -0.823. The largest absolute Gasteiger partial charge is 0.450 e. The normalized spacial score (nSPS) is 34.4. The Labute approximate surface area is 143 Å². The van der Waals surface area contributed by atoms with E-state index in [-0.39, 0.29) is 23.6 Å². The van der Waals surface area contributed by atoms with E-state index >= 15 is 0 Å². The fourth-order valence-electron chi connectivity index (χ4n) is 5.05. The van der Waals surface area contributed by atoms with E-state index < -0.39 is 11.5 Å². The van der Waals surface area contributed by atoms with E-state index in [4.69, 9.17) is 4.74 Å². The van der Waals surface area contributed by atoms with Crippen LogP contribution in [0, 0.1) is 17.8 Å². The standard InChI is InChI=1S/C21H26O3/c1-2-16-10-6-7-13-21(16)19(22)18(20(23)24-21)17(15-11-12-15)14-8-4-3-5-9-14/h3-5,8-9,15-18H,2,6-7,10-13H2,1H3. The number of benzene rings is 1. The highest BCUT2D eigenvalue weighted by molar-refractivity contribution is 6.10. The lowest BCUT2D eigenvalue weighted by atomic mass is 9.68. The van der Waals surface area contributed by atoms with Gasteiger partial charge in [0.1, 0.15) is 5.92 Å². The number of ketones is 1. The Bertz CT molecular complexity index is 634. The molecule has 1 heterocycles. The van der Waals surface area contributed by atoms with Gasteiger partial charge in [-0.25, -0.2) is 0 Å². The summed E-state index contributed by atoms with van der Waals surface area (Å²) >= 11 is 0. The van der Waals surface area contributed by atoms with Crippen LogP contribution < -0.4 is 0 Å². The number of Topliss-reactive ketones (excluding diaryl/α,β-unsaturated/α-hetero) is 1. The highest BCUT2D eigenvalue weighted by Crippen LogP contribution is 2.53. The number of carbonyl (C=O) groups is 2. The lowest BCUT2D eigenvalue weighted by molar-refractivity contribution is -0.162. The van der Waals surface area contributed by atoms with Gasteiger partial charge in [-0.15, -0.1) is 0 Å². The smallest absolute Gasteiger partial charge is 0.318 e. The molecule has 1 spiro atoms. The molecule has 0 bridgehead atoms. The monoisotopic (exact) mass is 326 g/mol. The van der Waals surface area contributed by atoms with Crippen LogP contribution in [0.15, 0.2) is 30.3 Å². The van der Waals surface area contributed by atoms with E-state index in [9.17, 15) is 9.59 Å². The molecule has 4 atom stereocenters. The van der Waals surface area contributed by atoms with Gasteiger partial charge in [0, 0.05) is 11.8 Å². The Balaban J connectivity index is 1.70. The van der Waals surface area contributed by atoms with E-state index in [1.165, 1.54) is 0 Å². The Hall–Kier alpha value is -1.64. The second kappa shape index (κ2) is 6.02. The summed E-state index contributed by atoms with van der Waals surface area (Å²) in [6.07, 6.45) is 6.98. The molecule has 0 N–H and O–H groups in total. The summed E-state index contributed by atoms with van der Waals surface area (Å²) in [7, 11) is 0. The molecule has 3 fully saturated rings. The van der Waals surface area contributed by atoms with Gasteiger partial charge in [0.25, 0.3) is 0 Å². The third-order valence-corrected chi connectivity index (χ3v) is 6.41. The highest BCUT2D eigenvalue weighted by atomic mass is 16.6. The van der Waals surface area contributed by atoms with E-state index in [1.54, 1.807) is 0 Å². The van der Waals surface area contributed by atoms with Gasteiger partial charge in [0.2, 0.25) is 0 Å². The van der Waals surface area contributed by atoms with Gasteiger partial charge in [0.05, 0.1) is 0 Å². The number of hydrogen-bond acceptors (Lipinski definition) is 3. The SMILES string of the molecule is CCC1CCCCC12OC(=O)C(C(c1ccccc1)C1CC1)C2=O. The second-order valence-corrected chi connectivity index (χ2v) is 7.78. The molecular formula is C21H26O3. The van der Waals surface area contributed by atoms with Crippen molar-refractivity contribution in [2.45, 2.75) is 63.4 Å². The number of ether oxygens (including phenoxy) is 1. The van der Waals surface area contributed by atoms with Crippen molar-refractivity contribution in [1.82, 2.24) is 0 Å². The Morgan fingerprint density at radius 1 is 1.12 bits per heavy atom.